The molecule has 0 amide bonds. The summed E-state index contributed by atoms with van der Waals surface area (Å²) in [5, 5.41) is 0.764. The Bertz CT molecular complexity index is 613. The molecule has 2 aromatic rings. The van der Waals surface area contributed by atoms with E-state index in [4.69, 9.17) is 16.6 Å². The number of nitrogens with zero attached hydrogens (tertiary/aromatic N) is 3. The molecular formula is C20H32ClN3. The zero-order valence-corrected chi connectivity index (χ0v) is 16.3. The van der Waals surface area contributed by atoms with E-state index in [9.17, 15) is 0 Å². The van der Waals surface area contributed by atoms with Crippen molar-refractivity contribution in [3.8, 4) is 0 Å². The number of fused-ring (bicyclic) bond motifs is 1. The van der Waals surface area contributed by atoms with Crippen LogP contribution in [0.15, 0.2) is 18.2 Å². The average molecular weight is 350 g/mol. The van der Waals surface area contributed by atoms with Crippen LogP contribution in [0.5, 0.6) is 0 Å². The Morgan fingerprint density at radius 2 is 1.67 bits per heavy atom. The Balaban J connectivity index is 2.00. The van der Waals surface area contributed by atoms with E-state index in [2.05, 4.69) is 36.3 Å². The minimum Gasteiger partial charge on any atom is -0.328 e. The first-order chi connectivity index (χ1) is 11.7. The number of benzene rings is 1. The van der Waals surface area contributed by atoms with Gasteiger partial charge in [0, 0.05) is 18.0 Å². The molecule has 0 bridgehead atoms. The average Bonchev–Trinajstić information content (AvgIpc) is 2.93. The van der Waals surface area contributed by atoms with Crippen LogP contribution in [-0.4, -0.2) is 34.1 Å². The minimum absolute atomic E-state index is 0.764. The number of imidazole rings is 1. The van der Waals surface area contributed by atoms with E-state index in [0.717, 1.165) is 23.5 Å². The summed E-state index contributed by atoms with van der Waals surface area (Å²) in [4.78, 5) is 7.39. The van der Waals surface area contributed by atoms with Gasteiger partial charge in [0.2, 0.25) is 0 Å². The van der Waals surface area contributed by atoms with Gasteiger partial charge in [0.1, 0.15) is 5.82 Å². The first-order valence-electron chi connectivity index (χ1n) is 9.56. The van der Waals surface area contributed by atoms with E-state index in [1.54, 1.807) is 0 Å². The van der Waals surface area contributed by atoms with Gasteiger partial charge in [-0.15, -0.1) is 0 Å². The molecule has 3 nitrogen and oxygen atoms in total. The third-order valence-corrected chi connectivity index (χ3v) is 4.85. The second kappa shape index (κ2) is 10.0. The molecule has 0 atom stereocenters. The van der Waals surface area contributed by atoms with Gasteiger partial charge in [-0.25, -0.2) is 4.98 Å². The summed E-state index contributed by atoms with van der Waals surface area (Å²) in [7, 11) is 0. The van der Waals surface area contributed by atoms with E-state index >= 15 is 0 Å². The number of halogens is 1. The number of hydrogen-bond acceptors (Lipinski definition) is 2. The fourth-order valence-electron chi connectivity index (χ4n) is 3.22. The predicted octanol–water partition coefficient (Wildman–Crippen LogP) is 5.54. The molecule has 1 heterocycles. The number of rotatable bonds is 11. The number of hydrogen-bond donors (Lipinski definition) is 0. The van der Waals surface area contributed by atoms with Crippen LogP contribution in [0.1, 0.15) is 58.7 Å². The molecule has 0 spiro atoms. The molecular weight excluding hydrogens is 318 g/mol. The topological polar surface area (TPSA) is 21.1 Å². The van der Waals surface area contributed by atoms with Crippen molar-refractivity contribution in [2.24, 2.45) is 0 Å². The van der Waals surface area contributed by atoms with Crippen molar-refractivity contribution < 1.29 is 0 Å². The van der Waals surface area contributed by atoms with Crippen LogP contribution in [0, 0.1) is 0 Å². The fourth-order valence-corrected chi connectivity index (χ4v) is 3.39. The molecule has 24 heavy (non-hydrogen) atoms. The van der Waals surface area contributed by atoms with Crippen LogP contribution in [-0.2, 0) is 13.0 Å². The Labute approximate surface area is 152 Å². The second-order valence-corrected chi connectivity index (χ2v) is 7.00. The van der Waals surface area contributed by atoms with Crippen molar-refractivity contribution in [1.82, 2.24) is 14.5 Å². The molecule has 0 radical (unpaired) electrons. The molecule has 0 aliphatic heterocycles. The van der Waals surface area contributed by atoms with Gasteiger partial charge in [-0.1, -0.05) is 45.2 Å². The van der Waals surface area contributed by atoms with Gasteiger partial charge in [0.05, 0.1) is 11.0 Å². The summed E-state index contributed by atoms with van der Waals surface area (Å²) in [5.74, 6) is 1.17. The Morgan fingerprint density at radius 3 is 2.29 bits per heavy atom. The highest BCUT2D eigenvalue weighted by Gasteiger charge is 2.10. The Kier molecular flexibility index (Phi) is 8.07. The SMILES string of the molecule is CCCCN(CCCC)CCCn1c(CC)nc2cc(Cl)ccc21. The third-order valence-electron chi connectivity index (χ3n) is 4.62. The lowest BCUT2D eigenvalue weighted by Gasteiger charge is -2.22. The first kappa shape index (κ1) is 19.3. The molecule has 1 aromatic heterocycles. The van der Waals surface area contributed by atoms with Gasteiger partial charge in [0.25, 0.3) is 0 Å². The maximum atomic E-state index is 6.11. The van der Waals surface area contributed by atoms with Gasteiger partial charge in [-0.3, -0.25) is 0 Å². The summed E-state index contributed by atoms with van der Waals surface area (Å²) >= 11 is 6.11. The summed E-state index contributed by atoms with van der Waals surface area (Å²) in [5.41, 5.74) is 2.23. The third kappa shape index (κ3) is 5.22. The molecule has 0 fully saturated rings. The van der Waals surface area contributed by atoms with E-state index in [-0.39, 0.29) is 0 Å². The van der Waals surface area contributed by atoms with Crippen LogP contribution in [0.2, 0.25) is 5.02 Å². The monoisotopic (exact) mass is 349 g/mol. The molecule has 4 heteroatoms. The number of unbranched alkanes of at least 4 members (excludes halogenated alkanes) is 2. The number of aromatic nitrogens is 2. The summed E-state index contributed by atoms with van der Waals surface area (Å²) in [6, 6.07) is 6.05. The molecule has 2 rings (SSSR count). The highest BCUT2D eigenvalue weighted by molar-refractivity contribution is 6.31. The molecule has 0 N–H and O–H groups in total. The van der Waals surface area contributed by atoms with E-state index in [1.165, 1.54) is 63.1 Å². The Hall–Kier alpha value is -1.06. The molecule has 0 aliphatic rings. The molecule has 0 aliphatic carbocycles. The van der Waals surface area contributed by atoms with Crippen molar-refractivity contribution in [3.63, 3.8) is 0 Å². The van der Waals surface area contributed by atoms with Crippen LogP contribution in [0.4, 0.5) is 0 Å². The lowest BCUT2D eigenvalue weighted by Crippen LogP contribution is -2.28. The van der Waals surface area contributed by atoms with E-state index in [1.807, 2.05) is 12.1 Å². The Morgan fingerprint density at radius 1 is 1.00 bits per heavy atom. The summed E-state index contributed by atoms with van der Waals surface area (Å²) < 4.78 is 2.38. The quantitative estimate of drug-likeness (QED) is 0.530. The van der Waals surface area contributed by atoms with Crippen LogP contribution in [0.3, 0.4) is 0 Å². The van der Waals surface area contributed by atoms with Gasteiger partial charge < -0.3 is 9.47 Å². The van der Waals surface area contributed by atoms with Gasteiger partial charge in [-0.05, 0) is 57.1 Å². The van der Waals surface area contributed by atoms with Crippen LogP contribution < -0.4 is 0 Å². The predicted molar refractivity (Wildman–Crippen MR) is 105 cm³/mol. The minimum atomic E-state index is 0.764. The highest BCUT2D eigenvalue weighted by atomic mass is 35.5. The number of aryl methyl sites for hydroxylation is 2. The molecule has 0 unspecified atom stereocenters. The summed E-state index contributed by atoms with van der Waals surface area (Å²) in [6.45, 7) is 11.4. The molecule has 1 aromatic carbocycles. The van der Waals surface area contributed by atoms with E-state index < -0.39 is 0 Å². The zero-order valence-electron chi connectivity index (χ0n) is 15.5. The van der Waals surface area contributed by atoms with Crippen LogP contribution in [0.25, 0.3) is 11.0 Å². The van der Waals surface area contributed by atoms with Gasteiger partial charge >= 0.3 is 0 Å². The van der Waals surface area contributed by atoms with Gasteiger partial charge in [0.15, 0.2) is 0 Å². The van der Waals surface area contributed by atoms with Gasteiger partial charge in [-0.2, -0.15) is 0 Å². The largest absolute Gasteiger partial charge is 0.328 e. The van der Waals surface area contributed by atoms with Crippen molar-refractivity contribution in [2.75, 3.05) is 19.6 Å². The smallest absolute Gasteiger partial charge is 0.109 e. The van der Waals surface area contributed by atoms with Crippen LogP contribution >= 0.6 is 11.6 Å². The van der Waals surface area contributed by atoms with Crippen molar-refractivity contribution >= 4 is 22.6 Å². The molecule has 134 valence electrons. The fraction of sp³-hybridized carbons (Fsp3) is 0.650. The lowest BCUT2D eigenvalue weighted by molar-refractivity contribution is 0.257. The second-order valence-electron chi connectivity index (χ2n) is 6.57. The highest BCUT2D eigenvalue weighted by Crippen LogP contribution is 2.21. The lowest BCUT2D eigenvalue weighted by atomic mass is 10.2. The van der Waals surface area contributed by atoms with Crippen molar-refractivity contribution in [2.45, 2.75) is 65.8 Å². The zero-order chi connectivity index (χ0) is 17.4. The maximum absolute atomic E-state index is 6.11. The van der Waals surface area contributed by atoms with Crippen molar-refractivity contribution in [1.29, 1.82) is 0 Å². The first-order valence-corrected chi connectivity index (χ1v) is 9.94. The summed E-state index contributed by atoms with van der Waals surface area (Å²) in [6.07, 6.45) is 7.29. The van der Waals surface area contributed by atoms with E-state index in [0.29, 0.717) is 0 Å². The molecule has 0 saturated carbocycles. The maximum Gasteiger partial charge on any atom is 0.109 e. The molecule has 0 saturated heterocycles. The normalized spacial score (nSPS) is 11.7. The van der Waals surface area contributed by atoms with Crippen molar-refractivity contribution in [3.05, 3.63) is 29.0 Å². The standard InChI is InChI=1S/C20H32ClN3/c1-4-7-12-23(13-8-5-2)14-9-15-24-19-11-10-17(21)16-18(19)22-20(24)6-3/h10-11,16H,4-9,12-15H2,1-3H3.